The van der Waals surface area contributed by atoms with Crippen molar-refractivity contribution >= 4 is 28.8 Å². The molecule has 0 amide bonds. The number of esters is 1. The van der Waals surface area contributed by atoms with Crippen molar-refractivity contribution in [1.29, 1.82) is 0 Å². The average Bonchev–Trinajstić information content (AvgIpc) is 2.42. The molecule has 2 rings (SSSR count). The molecule has 22 heavy (non-hydrogen) atoms. The smallest absolute Gasteiger partial charge is 0.328 e. The van der Waals surface area contributed by atoms with E-state index in [1.807, 2.05) is 32.0 Å². The third-order valence-corrected chi connectivity index (χ3v) is 4.42. The van der Waals surface area contributed by atoms with E-state index in [0.717, 1.165) is 11.3 Å². The summed E-state index contributed by atoms with van der Waals surface area (Å²) in [7, 11) is 1.44. The zero-order valence-corrected chi connectivity index (χ0v) is 14.9. The number of halogens is 1. The highest BCUT2D eigenvalue weighted by Crippen LogP contribution is 2.42. The molecular weight excluding hydrogens is 298 g/mol. The number of carbonyl (C=O) groups is 1. The topological polar surface area (TPSA) is 29.5 Å². The highest BCUT2D eigenvalue weighted by molar-refractivity contribution is 6.30. The molecule has 0 spiro atoms. The molecule has 120 valence electrons. The fourth-order valence-corrected chi connectivity index (χ4v) is 3.50. The first-order chi connectivity index (χ1) is 10.2. The van der Waals surface area contributed by atoms with Crippen LogP contribution in [0.1, 0.15) is 40.2 Å². The van der Waals surface area contributed by atoms with Crippen molar-refractivity contribution in [1.82, 2.24) is 0 Å². The molecule has 0 fully saturated rings. The van der Waals surface area contributed by atoms with Crippen LogP contribution in [-0.2, 0) is 9.53 Å². The predicted molar refractivity (Wildman–Crippen MR) is 92.3 cm³/mol. The highest BCUT2D eigenvalue weighted by Gasteiger charge is 2.41. The third-order valence-electron chi connectivity index (χ3n) is 4.19. The number of nitrogens with zero attached hydrogens (tertiary/aromatic N) is 1. The van der Waals surface area contributed by atoms with Gasteiger partial charge in [0.15, 0.2) is 0 Å². The van der Waals surface area contributed by atoms with Gasteiger partial charge < -0.3 is 9.64 Å². The first-order valence-electron chi connectivity index (χ1n) is 7.55. The number of anilines is 1. The normalized spacial score (nSPS) is 17.8. The molecule has 4 heteroatoms. The van der Waals surface area contributed by atoms with Gasteiger partial charge in [-0.05, 0) is 50.5 Å². The average molecular weight is 322 g/mol. The molecule has 1 heterocycles. The first-order valence-corrected chi connectivity index (χ1v) is 7.93. The molecule has 0 N–H and O–H groups in total. The van der Waals surface area contributed by atoms with Gasteiger partial charge in [0, 0.05) is 16.3 Å². The first kappa shape index (κ1) is 16.9. The van der Waals surface area contributed by atoms with Crippen molar-refractivity contribution in [2.75, 3.05) is 12.0 Å². The third kappa shape index (κ3) is 2.87. The van der Waals surface area contributed by atoms with Gasteiger partial charge in [-0.3, -0.25) is 0 Å². The van der Waals surface area contributed by atoms with E-state index in [0.29, 0.717) is 5.02 Å². The Hall–Kier alpha value is -1.48. The number of hydrogen-bond acceptors (Lipinski definition) is 3. The van der Waals surface area contributed by atoms with Gasteiger partial charge in [-0.15, -0.1) is 0 Å². The number of carbonyl (C=O) groups excluding carboxylic acids is 1. The lowest BCUT2D eigenvalue weighted by atomic mass is 9.85. The van der Waals surface area contributed by atoms with Crippen LogP contribution < -0.4 is 4.90 Å². The minimum Gasteiger partial charge on any atom is -0.467 e. The van der Waals surface area contributed by atoms with Crippen LogP contribution in [0.5, 0.6) is 0 Å². The summed E-state index contributed by atoms with van der Waals surface area (Å²) in [6.07, 6.45) is 2.18. The lowest BCUT2D eigenvalue weighted by molar-refractivity contribution is -0.143. The van der Waals surface area contributed by atoms with Gasteiger partial charge in [0.05, 0.1) is 12.6 Å². The van der Waals surface area contributed by atoms with Gasteiger partial charge >= 0.3 is 5.97 Å². The number of hydrogen-bond donors (Lipinski definition) is 0. The fraction of sp³-hybridized carbons (Fsp3) is 0.500. The Labute approximate surface area is 137 Å². The van der Waals surface area contributed by atoms with Crippen LogP contribution in [0.2, 0.25) is 5.02 Å². The summed E-state index contributed by atoms with van der Waals surface area (Å²) in [5.74, 6) is -0.0843. The molecule has 1 aliphatic rings. The van der Waals surface area contributed by atoms with E-state index in [2.05, 4.69) is 31.7 Å². The number of rotatable bonds is 3. The molecular formula is C18H24ClNO2. The van der Waals surface area contributed by atoms with Crippen LogP contribution in [0, 0.1) is 5.92 Å². The zero-order chi connectivity index (χ0) is 16.7. The van der Waals surface area contributed by atoms with Gasteiger partial charge in [0.1, 0.15) is 6.04 Å². The van der Waals surface area contributed by atoms with Crippen molar-refractivity contribution in [3.63, 3.8) is 0 Å². The molecule has 3 nitrogen and oxygen atoms in total. The maximum atomic E-state index is 12.4. The predicted octanol–water partition coefficient (Wildman–Crippen LogP) is 4.54. The quantitative estimate of drug-likeness (QED) is 0.765. The Morgan fingerprint density at radius 3 is 2.50 bits per heavy atom. The van der Waals surface area contributed by atoms with Gasteiger partial charge in [-0.1, -0.05) is 31.5 Å². The van der Waals surface area contributed by atoms with Crippen LogP contribution in [0.25, 0.3) is 5.57 Å². The van der Waals surface area contributed by atoms with E-state index in [1.165, 1.54) is 12.7 Å². The Morgan fingerprint density at radius 2 is 1.95 bits per heavy atom. The summed E-state index contributed by atoms with van der Waals surface area (Å²) in [5, 5.41) is 0.699. The van der Waals surface area contributed by atoms with Crippen molar-refractivity contribution in [2.45, 2.75) is 46.2 Å². The van der Waals surface area contributed by atoms with Gasteiger partial charge in [0.25, 0.3) is 0 Å². The molecule has 0 saturated heterocycles. The second kappa shape index (κ2) is 5.96. The summed E-state index contributed by atoms with van der Waals surface area (Å²) >= 11 is 6.16. The number of benzene rings is 1. The number of methoxy groups -OCH3 is 1. The maximum Gasteiger partial charge on any atom is 0.328 e. The van der Waals surface area contributed by atoms with E-state index in [-0.39, 0.29) is 23.5 Å². The fourth-order valence-electron chi connectivity index (χ4n) is 3.33. The van der Waals surface area contributed by atoms with Crippen LogP contribution in [0.3, 0.4) is 0 Å². The largest absolute Gasteiger partial charge is 0.467 e. The second-order valence-corrected chi connectivity index (χ2v) is 7.16. The minimum atomic E-state index is -0.343. The summed E-state index contributed by atoms with van der Waals surface area (Å²) in [6.45, 7) is 10.4. The molecule has 1 aliphatic heterocycles. The lowest BCUT2D eigenvalue weighted by Gasteiger charge is -2.48. The number of allylic oxidation sites excluding steroid dienone is 1. The Bertz CT molecular complexity index is 620. The second-order valence-electron chi connectivity index (χ2n) is 6.72. The monoisotopic (exact) mass is 321 g/mol. The minimum absolute atomic E-state index is 0.127. The van der Waals surface area contributed by atoms with Crippen LogP contribution >= 0.6 is 11.6 Å². The molecule has 0 aromatic heterocycles. The molecule has 0 aliphatic carbocycles. The van der Waals surface area contributed by atoms with Crippen LogP contribution in [0.15, 0.2) is 24.3 Å². The SMILES string of the molecule is COC(=O)[C@H](C(C)C)N1c2ccc(Cl)cc2C(C)=CC1(C)C. The van der Waals surface area contributed by atoms with Crippen LogP contribution in [-0.4, -0.2) is 24.7 Å². The van der Waals surface area contributed by atoms with Crippen molar-refractivity contribution in [2.24, 2.45) is 5.92 Å². The standard InChI is InChI=1S/C18H24ClNO2/c1-11(2)16(17(21)22-6)20-15-8-7-13(19)9-14(15)12(3)10-18(20,4)5/h7-11,16H,1-6H3/t16-/m0/s1. The summed E-state index contributed by atoms with van der Waals surface area (Å²) in [5.41, 5.74) is 2.99. The van der Waals surface area contributed by atoms with E-state index in [1.54, 1.807) is 0 Å². The Morgan fingerprint density at radius 1 is 1.32 bits per heavy atom. The van der Waals surface area contributed by atoms with E-state index < -0.39 is 0 Å². The van der Waals surface area contributed by atoms with E-state index in [9.17, 15) is 4.79 Å². The Kier molecular flexibility index (Phi) is 4.57. The highest BCUT2D eigenvalue weighted by atomic mass is 35.5. The van der Waals surface area contributed by atoms with E-state index in [4.69, 9.17) is 16.3 Å². The lowest BCUT2D eigenvalue weighted by Crippen LogP contribution is -2.56. The van der Waals surface area contributed by atoms with Crippen molar-refractivity contribution in [3.05, 3.63) is 34.9 Å². The molecule has 0 saturated carbocycles. The van der Waals surface area contributed by atoms with E-state index >= 15 is 0 Å². The molecule has 1 aromatic rings. The molecule has 1 aromatic carbocycles. The zero-order valence-electron chi connectivity index (χ0n) is 14.1. The Balaban J connectivity index is 2.65. The maximum absolute atomic E-state index is 12.4. The van der Waals surface area contributed by atoms with Crippen molar-refractivity contribution < 1.29 is 9.53 Å². The molecule has 0 radical (unpaired) electrons. The molecule has 0 bridgehead atoms. The van der Waals surface area contributed by atoms with Gasteiger partial charge in [-0.25, -0.2) is 4.79 Å². The molecule has 0 unspecified atom stereocenters. The van der Waals surface area contributed by atoms with Crippen molar-refractivity contribution in [3.8, 4) is 0 Å². The van der Waals surface area contributed by atoms with Gasteiger partial charge in [-0.2, -0.15) is 0 Å². The summed E-state index contributed by atoms with van der Waals surface area (Å²) in [4.78, 5) is 14.5. The number of fused-ring (bicyclic) bond motifs is 1. The summed E-state index contributed by atoms with van der Waals surface area (Å²) in [6, 6.07) is 5.48. The van der Waals surface area contributed by atoms with Gasteiger partial charge in [0.2, 0.25) is 0 Å². The molecule has 1 atom stereocenters. The number of ether oxygens (including phenoxy) is 1. The van der Waals surface area contributed by atoms with Crippen LogP contribution in [0.4, 0.5) is 5.69 Å². The summed E-state index contributed by atoms with van der Waals surface area (Å²) < 4.78 is 5.06.